The fourth-order valence-electron chi connectivity index (χ4n) is 1.95. The number of rotatable bonds is 2. The first kappa shape index (κ1) is 9.39. The number of carbonyl (C=O) groups excluding carboxylic acids is 1. The van der Waals surface area contributed by atoms with Crippen LogP contribution in [-0.2, 0) is 4.74 Å². The standard InChI is InChI=1S/C12H12N2O2/c1-16-12(15)9-4-5-14-11(6-9)10(7-13-14)8-2-3-8/h4-8H,2-3H2,1H3. The van der Waals surface area contributed by atoms with Crippen LogP contribution in [0.2, 0.25) is 0 Å². The highest BCUT2D eigenvalue weighted by Crippen LogP contribution is 2.41. The topological polar surface area (TPSA) is 43.6 Å². The van der Waals surface area contributed by atoms with Gasteiger partial charge in [0.25, 0.3) is 0 Å². The van der Waals surface area contributed by atoms with Gasteiger partial charge in [0, 0.05) is 11.8 Å². The van der Waals surface area contributed by atoms with E-state index in [9.17, 15) is 4.79 Å². The van der Waals surface area contributed by atoms with Crippen LogP contribution in [0.15, 0.2) is 24.5 Å². The van der Waals surface area contributed by atoms with Crippen molar-refractivity contribution in [2.24, 2.45) is 0 Å². The molecular weight excluding hydrogens is 204 g/mol. The molecule has 0 aliphatic heterocycles. The zero-order valence-electron chi connectivity index (χ0n) is 9.01. The summed E-state index contributed by atoms with van der Waals surface area (Å²) >= 11 is 0. The fourth-order valence-corrected chi connectivity index (χ4v) is 1.95. The number of carbonyl (C=O) groups is 1. The van der Waals surface area contributed by atoms with E-state index in [4.69, 9.17) is 4.74 Å². The Morgan fingerprint density at radius 1 is 1.56 bits per heavy atom. The maximum absolute atomic E-state index is 11.4. The van der Waals surface area contributed by atoms with Crippen molar-refractivity contribution in [3.05, 3.63) is 35.7 Å². The second-order valence-corrected chi connectivity index (χ2v) is 4.11. The van der Waals surface area contributed by atoms with Gasteiger partial charge in [-0.25, -0.2) is 9.31 Å². The molecule has 0 aromatic carbocycles. The van der Waals surface area contributed by atoms with Gasteiger partial charge in [-0.3, -0.25) is 0 Å². The van der Waals surface area contributed by atoms with Crippen molar-refractivity contribution < 1.29 is 9.53 Å². The summed E-state index contributed by atoms with van der Waals surface area (Å²) in [6.45, 7) is 0. The van der Waals surface area contributed by atoms with Crippen molar-refractivity contribution in [3.8, 4) is 0 Å². The minimum atomic E-state index is -0.301. The van der Waals surface area contributed by atoms with Gasteiger partial charge in [-0.05, 0) is 30.9 Å². The zero-order valence-corrected chi connectivity index (χ0v) is 9.01. The van der Waals surface area contributed by atoms with Crippen molar-refractivity contribution in [3.63, 3.8) is 0 Å². The van der Waals surface area contributed by atoms with Gasteiger partial charge in [-0.15, -0.1) is 0 Å². The zero-order chi connectivity index (χ0) is 11.1. The number of fused-ring (bicyclic) bond motifs is 1. The molecule has 0 amide bonds. The molecule has 0 saturated heterocycles. The molecule has 2 aromatic heterocycles. The van der Waals surface area contributed by atoms with E-state index in [0.717, 1.165) is 5.52 Å². The summed E-state index contributed by atoms with van der Waals surface area (Å²) in [4.78, 5) is 11.4. The molecule has 2 heterocycles. The molecule has 0 unspecified atom stereocenters. The molecule has 0 radical (unpaired) electrons. The summed E-state index contributed by atoms with van der Waals surface area (Å²) in [6.07, 6.45) is 6.15. The van der Waals surface area contributed by atoms with Crippen LogP contribution in [-0.4, -0.2) is 22.7 Å². The molecule has 0 spiro atoms. The van der Waals surface area contributed by atoms with Crippen molar-refractivity contribution in [2.75, 3.05) is 7.11 Å². The first-order valence-electron chi connectivity index (χ1n) is 5.35. The minimum absolute atomic E-state index is 0.301. The number of nitrogens with zero attached hydrogens (tertiary/aromatic N) is 2. The lowest BCUT2D eigenvalue weighted by Crippen LogP contribution is -2.02. The maximum Gasteiger partial charge on any atom is 0.337 e. The molecule has 16 heavy (non-hydrogen) atoms. The van der Waals surface area contributed by atoms with Crippen LogP contribution in [0.25, 0.3) is 5.52 Å². The number of methoxy groups -OCH3 is 1. The van der Waals surface area contributed by atoms with Crippen molar-refractivity contribution >= 4 is 11.5 Å². The Kier molecular flexibility index (Phi) is 1.96. The van der Waals surface area contributed by atoms with Gasteiger partial charge in [-0.2, -0.15) is 5.10 Å². The number of hydrogen-bond acceptors (Lipinski definition) is 3. The van der Waals surface area contributed by atoms with E-state index in [0.29, 0.717) is 11.5 Å². The van der Waals surface area contributed by atoms with E-state index in [-0.39, 0.29) is 5.97 Å². The molecule has 1 aliphatic rings. The highest BCUT2D eigenvalue weighted by Gasteiger charge is 2.26. The number of aromatic nitrogens is 2. The van der Waals surface area contributed by atoms with Gasteiger partial charge in [0.05, 0.1) is 24.4 Å². The normalized spacial score (nSPS) is 15.3. The van der Waals surface area contributed by atoms with Gasteiger partial charge < -0.3 is 4.74 Å². The van der Waals surface area contributed by atoms with Gasteiger partial charge in [0.2, 0.25) is 0 Å². The predicted octanol–water partition coefficient (Wildman–Crippen LogP) is 2.00. The highest BCUT2D eigenvalue weighted by atomic mass is 16.5. The van der Waals surface area contributed by atoms with E-state index in [1.165, 1.54) is 25.5 Å². The van der Waals surface area contributed by atoms with E-state index in [2.05, 4.69) is 5.10 Å². The molecule has 1 saturated carbocycles. The lowest BCUT2D eigenvalue weighted by Gasteiger charge is -2.01. The van der Waals surface area contributed by atoms with Crippen LogP contribution in [0, 0.1) is 0 Å². The average Bonchev–Trinajstić information content (AvgIpc) is 3.08. The summed E-state index contributed by atoms with van der Waals surface area (Å²) in [6, 6.07) is 3.58. The van der Waals surface area contributed by atoms with E-state index < -0.39 is 0 Å². The monoisotopic (exact) mass is 216 g/mol. The molecule has 1 aliphatic carbocycles. The molecule has 0 N–H and O–H groups in total. The Hall–Kier alpha value is -1.84. The van der Waals surface area contributed by atoms with Gasteiger partial charge in [-0.1, -0.05) is 0 Å². The molecule has 2 aromatic rings. The second kappa shape index (κ2) is 3.33. The lowest BCUT2D eigenvalue weighted by atomic mass is 10.1. The molecule has 1 fully saturated rings. The first-order valence-corrected chi connectivity index (χ1v) is 5.35. The molecular formula is C12H12N2O2. The van der Waals surface area contributed by atoms with Gasteiger partial charge in [0.15, 0.2) is 0 Å². The van der Waals surface area contributed by atoms with E-state index in [1.54, 1.807) is 16.8 Å². The Morgan fingerprint density at radius 2 is 2.38 bits per heavy atom. The maximum atomic E-state index is 11.4. The van der Waals surface area contributed by atoms with E-state index in [1.807, 2.05) is 12.3 Å². The third-order valence-corrected chi connectivity index (χ3v) is 2.99. The summed E-state index contributed by atoms with van der Waals surface area (Å²) in [5.74, 6) is 0.329. The molecule has 0 bridgehead atoms. The van der Waals surface area contributed by atoms with E-state index >= 15 is 0 Å². The Morgan fingerprint density at radius 3 is 3.06 bits per heavy atom. The molecule has 4 heteroatoms. The molecule has 82 valence electrons. The first-order chi connectivity index (χ1) is 7.79. The van der Waals surface area contributed by atoms with Crippen LogP contribution in [0.4, 0.5) is 0 Å². The summed E-state index contributed by atoms with van der Waals surface area (Å²) in [7, 11) is 1.39. The van der Waals surface area contributed by atoms with Crippen LogP contribution in [0.3, 0.4) is 0 Å². The van der Waals surface area contributed by atoms with Gasteiger partial charge in [0.1, 0.15) is 0 Å². The predicted molar refractivity (Wildman–Crippen MR) is 58.5 cm³/mol. The fraction of sp³-hybridized carbons (Fsp3) is 0.333. The Labute approximate surface area is 92.8 Å². The SMILES string of the molecule is COC(=O)c1ccn2ncc(C3CC3)c2c1. The summed E-state index contributed by atoms with van der Waals surface area (Å²) < 4.78 is 6.51. The molecule has 3 rings (SSSR count). The largest absolute Gasteiger partial charge is 0.465 e. The van der Waals surface area contributed by atoms with Crippen LogP contribution in [0.1, 0.15) is 34.7 Å². The molecule has 4 nitrogen and oxygen atoms in total. The van der Waals surface area contributed by atoms with Crippen molar-refractivity contribution in [1.82, 2.24) is 9.61 Å². The van der Waals surface area contributed by atoms with Crippen LogP contribution in [0.5, 0.6) is 0 Å². The Balaban J connectivity index is 2.13. The third kappa shape index (κ3) is 1.38. The van der Waals surface area contributed by atoms with Crippen LogP contribution < -0.4 is 0 Å². The number of hydrogen-bond donors (Lipinski definition) is 0. The van der Waals surface area contributed by atoms with Crippen LogP contribution >= 0.6 is 0 Å². The second-order valence-electron chi connectivity index (χ2n) is 4.11. The number of esters is 1. The average molecular weight is 216 g/mol. The lowest BCUT2D eigenvalue weighted by molar-refractivity contribution is 0.0600. The quantitative estimate of drug-likeness (QED) is 0.721. The van der Waals surface area contributed by atoms with Crippen molar-refractivity contribution in [2.45, 2.75) is 18.8 Å². The van der Waals surface area contributed by atoms with Crippen molar-refractivity contribution in [1.29, 1.82) is 0 Å². The number of pyridine rings is 1. The summed E-state index contributed by atoms with van der Waals surface area (Å²) in [5.41, 5.74) is 2.84. The molecule has 0 atom stereocenters. The van der Waals surface area contributed by atoms with Gasteiger partial charge >= 0.3 is 5.97 Å². The number of ether oxygens (including phenoxy) is 1. The smallest absolute Gasteiger partial charge is 0.337 e. The highest BCUT2D eigenvalue weighted by molar-refractivity contribution is 5.90. The third-order valence-electron chi connectivity index (χ3n) is 2.99. The Bertz CT molecular complexity index is 555. The minimum Gasteiger partial charge on any atom is -0.465 e. The summed E-state index contributed by atoms with van der Waals surface area (Å²) in [5, 5.41) is 4.27.